The van der Waals surface area contributed by atoms with Crippen LogP contribution in [0.2, 0.25) is 0 Å². The molecule has 1 rings (SSSR count). The lowest BCUT2D eigenvalue weighted by Gasteiger charge is -2.17. The van der Waals surface area contributed by atoms with Crippen LogP contribution >= 0.6 is 0 Å². The molecule has 1 N–H and O–H groups in total. The van der Waals surface area contributed by atoms with Crippen LogP contribution in [0.5, 0.6) is 0 Å². The lowest BCUT2D eigenvalue weighted by atomic mass is 10.3. The van der Waals surface area contributed by atoms with E-state index in [-0.39, 0.29) is 18.3 Å². The maximum atomic E-state index is 11.1. The summed E-state index contributed by atoms with van der Waals surface area (Å²) in [7, 11) is 4.83. The molecule has 0 aliphatic heterocycles. The van der Waals surface area contributed by atoms with Crippen molar-refractivity contribution in [1.82, 2.24) is 9.88 Å². The Labute approximate surface area is 87.5 Å². The number of aliphatic hydroxyl groups is 1. The number of rotatable bonds is 4. The summed E-state index contributed by atoms with van der Waals surface area (Å²) in [5.41, 5.74) is 0.104. The summed E-state index contributed by atoms with van der Waals surface area (Å²) < 4.78 is 9.57. The van der Waals surface area contributed by atoms with Gasteiger partial charge in [-0.1, -0.05) is 0 Å². The molecule has 1 aromatic heterocycles. The minimum atomic E-state index is -0.555. The van der Waals surface area contributed by atoms with Gasteiger partial charge in [0.1, 0.15) is 12.3 Å². The Morgan fingerprint density at radius 1 is 1.73 bits per heavy atom. The van der Waals surface area contributed by atoms with E-state index in [0.29, 0.717) is 5.89 Å². The molecular weight excluding hydrogens is 200 g/mol. The highest BCUT2D eigenvalue weighted by Gasteiger charge is 2.21. The third kappa shape index (κ3) is 2.54. The second-order valence-corrected chi connectivity index (χ2v) is 3.22. The zero-order valence-electron chi connectivity index (χ0n) is 8.93. The largest absolute Gasteiger partial charge is 0.464 e. The van der Waals surface area contributed by atoms with E-state index in [9.17, 15) is 4.79 Å². The fourth-order valence-corrected chi connectivity index (χ4v) is 1.10. The van der Waals surface area contributed by atoms with E-state index in [2.05, 4.69) is 9.72 Å². The highest BCUT2D eigenvalue weighted by Crippen LogP contribution is 2.16. The Kier molecular flexibility index (Phi) is 3.81. The molecule has 0 aromatic carbocycles. The molecule has 0 bridgehead atoms. The lowest BCUT2D eigenvalue weighted by molar-refractivity contribution is 0.0593. The van der Waals surface area contributed by atoms with Gasteiger partial charge in [-0.25, -0.2) is 9.78 Å². The van der Waals surface area contributed by atoms with Crippen LogP contribution in [0, 0.1) is 0 Å². The number of esters is 1. The summed E-state index contributed by atoms with van der Waals surface area (Å²) in [4.78, 5) is 16.8. The maximum absolute atomic E-state index is 11.1. The van der Waals surface area contributed by atoms with E-state index in [4.69, 9.17) is 9.52 Å². The van der Waals surface area contributed by atoms with Gasteiger partial charge in [0.15, 0.2) is 5.69 Å². The SMILES string of the molecule is COC(=O)c1coc(C(CO)N(C)C)n1. The van der Waals surface area contributed by atoms with E-state index >= 15 is 0 Å². The number of hydrogen-bond donors (Lipinski definition) is 1. The topological polar surface area (TPSA) is 75.8 Å². The van der Waals surface area contributed by atoms with Crippen molar-refractivity contribution >= 4 is 5.97 Å². The average molecular weight is 214 g/mol. The Morgan fingerprint density at radius 2 is 2.40 bits per heavy atom. The lowest BCUT2D eigenvalue weighted by Crippen LogP contribution is -2.23. The zero-order valence-corrected chi connectivity index (χ0v) is 8.93. The van der Waals surface area contributed by atoms with Gasteiger partial charge in [0.25, 0.3) is 0 Å². The number of nitrogens with zero attached hydrogens (tertiary/aromatic N) is 2. The van der Waals surface area contributed by atoms with Gasteiger partial charge in [-0.05, 0) is 14.1 Å². The summed E-state index contributed by atoms with van der Waals surface area (Å²) >= 11 is 0. The molecule has 0 spiro atoms. The number of carbonyl (C=O) groups is 1. The average Bonchev–Trinajstić information content (AvgIpc) is 2.66. The standard InChI is InChI=1S/C9H14N2O4/c1-11(2)7(4-12)8-10-6(5-15-8)9(13)14-3/h5,7,12H,4H2,1-3H3. The molecule has 1 aromatic rings. The predicted octanol–water partition coefficient (Wildman–Crippen LogP) is 0.0562. The van der Waals surface area contributed by atoms with Crippen molar-refractivity contribution in [2.24, 2.45) is 0 Å². The quantitative estimate of drug-likeness (QED) is 0.714. The third-order valence-electron chi connectivity index (χ3n) is 2.00. The molecular formula is C9H14N2O4. The van der Waals surface area contributed by atoms with Crippen molar-refractivity contribution in [2.45, 2.75) is 6.04 Å². The van der Waals surface area contributed by atoms with Gasteiger partial charge in [0.05, 0.1) is 13.7 Å². The first-order chi connectivity index (χ1) is 7.10. The minimum Gasteiger partial charge on any atom is -0.464 e. The van der Waals surface area contributed by atoms with Crippen LogP contribution in [0.1, 0.15) is 22.4 Å². The van der Waals surface area contributed by atoms with Gasteiger partial charge in [-0.3, -0.25) is 4.90 Å². The van der Waals surface area contributed by atoms with Crippen LogP contribution in [0.15, 0.2) is 10.7 Å². The zero-order chi connectivity index (χ0) is 11.4. The Morgan fingerprint density at radius 3 is 2.87 bits per heavy atom. The number of aliphatic hydroxyl groups excluding tert-OH is 1. The van der Waals surface area contributed by atoms with Gasteiger partial charge in [0.2, 0.25) is 5.89 Å². The Hall–Kier alpha value is -1.40. The molecule has 1 heterocycles. The molecule has 0 aliphatic carbocycles. The van der Waals surface area contributed by atoms with Crippen molar-refractivity contribution in [3.8, 4) is 0 Å². The van der Waals surface area contributed by atoms with Crippen molar-refractivity contribution in [1.29, 1.82) is 0 Å². The fraction of sp³-hybridized carbons (Fsp3) is 0.556. The molecule has 1 atom stereocenters. The Balaban J connectivity index is 2.87. The monoisotopic (exact) mass is 214 g/mol. The Bertz CT molecular complexity index is 335. The first-order valence-electron chi connectivity index (χ1n) is 4.41. The van der Waals surface area contributed by atoms with Gasteiger partial charge < -0.3 is 14.3 Å². The summed E-state index contributed by atoms with van der Waals surface area (Å²) in [5.74, 6) is -0.261. The van der Waals surface area contributed by atoms with Crippen LogP contribution in [0.4, 0.5) is 0 Å². The molecule has 0 saturated carbocycles. The van der Waals surface area contributed by atoms with Gasteiger partial charge >= 0.3 is 5.97 Å². The first kappa shape index (κ1) is 11.7. The van der Waals surface area contributed by atoms with E-state index in [1.807, 2.05) is 0 Å². The van der Waals surface area contributed by atoms with Crippen molar-refractivity contribution in [3.05, 3.63) is 17.8 Å². The molecule has 0 fully saturated rings. The van der Waals surface area contributed by atoms with E-state index in [1.165, 1.54) is 13.4 Å². The van der Waals surface area contributed by atoms with Crippen molar-refractivity contribution < 1.29 is 19.1 Å². The maximum Gasteiger partial charge on any atom is 0.360 e. The number of aromatic nitrogens is 1. The highest BCUT2D eigenvalue weighted by atomic mass is 16.5. The summed E-state index contributed by atoms with van der Waals surface area (Å²) in [6, 6.07) is -0.358. The second-order valence-electron chi connectivity index (χ2n) is 3.22. The number of carbonyl (C=O) groups excluding carboxylic acids is 1. The third-order valence-corrected chi connectivity index (χ3v) is 2.00. The van der Waals surface area contributed by atoms with Gasteiger partial charge in [-0.15, -0.1) is 0 Å². The molecule has 6 heteroatoms. The van der Waals surface area contributed by atoms with E-state index in [1.54, 1.807) is 19.0 Å². The number of likely N-dealkylation sites (N-methyl/N-ethyl adjacent to an activating group) is 1. The highest BCUT2D eigenvalue weighted by molar-refractivity contribution is 5.86. The molecule has 0 amide bonds. The van der Waals surface area contributed by atoms with Crippen LogP contribution in [-0.4, -0.2) is 48.8 Å². The number of hydrogen-bond acceptors (Lipinski definition) is 6. The predicted molar refractivity (Wildman–Crippen MR) is 51.4 cm³/mol. The molecule has 15 heavy (non-hydrogen) atoms. The normalized spacial score (nSPS) is 12.9. The van der Waals surface area contributed by atoms with Gasteiger partial charge in [0, 0.05) is 0 Å². The smallest absolute Gasteiger partial charge is 0.360 e. The summed E-state index contributed by atoms with van der Waals surface area (Å²) in [5, 5.41) is 9.10. The van der Waals surface area contributed by atoms with Crippen molar-refractivity contribution in [2.75, 3.05) is 27.8 Å². The van der Waals surface area contributed by atoms with Crippen LogP contribution in [0.25, 0.3) is 0 Å². The minimum absolute atomic E-state index is 0.104. The van der Waals surface area contributed by atoms with Crippen molar-refractivity contribution in [3.63, 3.8) is 0 Å². The number of oxazole rings is 1. The first-order valence-corrected chi connectivity index (χ1v) is 4.41. The summed E-state index contributed by atoms with van der Waals surface area (Å²) in [6.07, 6.45) is 1.22. The van der Waals surface area contributed by atoms with Crippen LogP contribution in [0.3, 0.4) is 0 Å². The van der Waals surface area contributed by atoms with E-state index < -0.39 is 5.97 Å². The van der Waals surface area contributed by atoms with E-state index in [0.717, 1.165) is 0 Å². The molecule has 6 nitrogen and oxygen atoms in total. The second kappa shape index (κ2) is 4.90. The molecule has 0 radical (unpaired) electrons. The van der Waals surface area contributed by atoms with Gasteiger partial charge in [-0.2, -0.15) is 0 Å². The molecule has 1 unspecified atom stereocenters. The van der Waals surface area contributed by atoms with Crippen LogP contribution in [-0.2, 0) is 4.74 Å². The number of ether oxygens (including phenoxy) is 1. The molecule has 0 saturated heterocycles. The number of methoxy groups -OCH3 is 1. The van der Waals surface area contributed by atoms with Crippen LogP contribution < -0.4 is 0 Å². The molecule has 0 aliphatic rings. The molecule has 84 valence electrons. The fourth-order valence-electron chi connectivity index (χ4n) is 1.10. The summed E-state index contributed by atoms with van der Waals surface area (Å²) in [6.45, 7) is -0.131.